The van der Waals surface area contributed by atoms with E-state index in [-0.39, 0.29) is 6.10 Å². The van der Waals surface area contributed by atoms with Gasteiger partial charge >= 0.3 is 0 Å². The first kappa shape index (κ1) is 11.9. The maximum atomic E-state index is 5.88. The largest absolute Gasteiger partial charge is 0.369 e. The molecule has 0 amide bonds. The summed E-state index contributed by atoms with van der Waals surface area (Å²) in [7, 11) is 0. The summed E-state index contributed by atoms with van der Waals surface area (Å²) in [5.74, 6) is 0.941. The van der Waals surface area contributed by atoms with E-state index in [4.69, 9.17) is 4.74 Å². The van der Waals surface area contributed by atoms with Crippen molar-refractivity contribution >= 4 is 28.3 Å². The van der Waals surface area contributed by atoms with Gasteiger partial charge in [0.15, 0.2) is 0 Å². The van der Waals surface area contributed by atoms with Crippen molar-refractivity contribution in [3.8, 4) is 0 Å². The molecule has 1 fully saturated rings. The molecule has 1 atom stereocenters. The molecule has 5 heteroatoms. The van der Waals surface area contributed by atoms with Crippen LogP contribution in [0.5, 0.6) is 0 Å². The van der Waals surface area contributed by atoms with Crippen LogP contribution in [0.15, 0.2) is 41.8 Å². The number of aromatic nitrogens is 2. The van der Waals surface area contributed by atoms with E-state index < -0.39 is 0 Å². The summed E-state index contributed by atoms with van der Waals surface area (Å²) in [6.45, 7) is 2.46. The number of rotatable bonds is 2. The maximum Gasteiger partial charge on any atom is 0.204 e. The normalized spacial score (nSPS) is 19.6. The molecule has 0 radical (unpaired) electrons. The second-order valence-corrected chi connectivity index (χ2v) is 5.88. The second kappa shape index (κ2) is 4.92. The van der Waals surface area contributed by atoms with Crippen LogP contribution in [0.25, 0.3) is 11.0 Å². The van der Waals surface area contributed by atoms with E-state index in [1.807, 2.05) is 18.2 Å². The molecule has 3 aromatic rings. The number of hydrogen-bond donors (Lipinski definition) is 1. The lowest BCUT2D eigenvalue weighted by molar-refractivity contribution is 0.0416. The van der Waals surface area contributed by atoms with E-state index in [0.29, 0.717) is 0 Å². The first-order valence-corrected chi connectivity index (χ1v) is 7.63. The molecule has 4 nitrogen and oxygen atoms in total. The fourth-order valence-corrected chi connectivity index (χ4v) is 3.34. The smallest absolute Gasteiger partial charge is 0.204 e. The number of aromatic amines is 1. The zero-order valence-electron chi connectivity index (χ0n) is 11.0. The number of nitrogens with one attached hydrogen (secondary N) is 1. The van der Waals surface area contributed by atoms with Crippen molar-refractivity contribution < 1.29 is 4.74 Å². The number of hydrogen-bond acceptors (Lipinski definition) is 4. The van der Waals surface area contributed by atoms with Crippen molar-refractivity contribution in [3.05, 3.63) is 46.7 Å². The van der Waals surface area contributed by atoms with Crippen LogP contribution in [0.1, 0.15) is 11.0 Å². The molecule has 0 aliphatic carbocycles. The molecule has 3 heterocycles. The van der Waals surface area contributed by atoms with Crippen LogP contribution in [0.2, 0.25) is 0 Å². The zero-order chi connectivity index (χ0) is 13.4. The van der Waals surface area contributed by atoms with Gasteiger partial charge in [0.05, 0.1) is 24.2 Å². The number of H-pyrrole nitrogens is 1. The third-order valence-electron chi connectivity index (χ3n) is 3.60. The highest BCUT2D eigenvalue weighted by atomic mass is 32.1. The van der Waals surface area contributed by atoms with Crippen molar-refractivity contribution in [1.29, 1.82) is 0 Å². The Morgan fingerprint density at radius 2 is 2.20 bits per heavy atom. The fourth-order valence-electron chi connectivity index (χ4n) is 2.58. The Bertz CT molecular complexity index is 674. The molecule has 0 bridgehead atoms. The van der Waals surface area contributed by atoms with Gasteiger partial charge in [-0.15, -0.1) is 11.3 Å². The second-order valence-electron chi connectivity index (χ2n) is 4.90. The van der Waals surface area contributed by atoms with Crippen LogP contribution in [-0.4, -0.2) is 29.7 Å². The predicted molar refractivity (Wildman–Crippen MR) is 81.3 cm³/mol. The van der Waals surface area contributed by atoms with Gasteiger partial charge in [-0.05, 0) is 23.6 Å². The molecule has 1 aliphatic heterocycles. The fraction of sp³-hybridized carbons (Fsp3) is 0.267. The van der Waals surface area contributed by atoms with Gasteiger partial charge in [-0.1, -0.05) is 18.2 Å². The van der Waals surface area contributed by atoms with Crippen LogP contribution >= 0.6 is 11.3 Å². The number of benzene rings is 1. The summed E-state index contributed by atoms with van der Waals surface area (Å²) in [6, 6.07) is 12.3. The standard InChI is InChI=1S/C15H15N3OS/c1-2-5-12-11(4-1)16-15(17-12)18-7-8-19-13(10-18)14-6-3-9-20-14/h1-6,9,13H,7-8,10H2,(H,16,17)/t13-/m0/s1. The highest BCUT2D eigenvalue weighted by Crippen LogP contribution is 2.28. The molecule has 1 N–H and O–H groups in total. The number of para-hydroxylation sites is 2. The summed E-state index contributed by atoms with van der Waals surface area (Å²) in [5, 5.41) is 2.10. The lowest BCUT2D eigenvalue weighted by Gasteiger charge is -2.32. The minimum Gasteiger partial charge on any atom is -0.369 e. The molecular formula is C15H15N3OS. The molecule has 0 unspecified atom stereocenters. The number of morpholine rings is 1. The summed E-state index contributed by atoms with van der Waals surface area (Å²) >= 11 is 1.75. The molecule has 1 aliphatic rings. The van der Waals surface area contributed by atoms with Crippen molar-refractivity contribution in [2.45, 2.75) is 6.10 Å². The Hall–Kier alpha value is -1.85. The van der Waals surface area contributed by atoms with Crippen molar-refractivity contribution in [3.63, 3.8) is 0 Å². The van der Waals surface area contributed by atoms with Gasteiger partial charge in [-0.25, -0.2) is 4.98 Å². The summed E-state index contributed by atoms with van der Waals surface area (Å²) in [6.07, 6.45) is 0.150. The third-order valence-corrected chi connectivity index (χ3v) is 4.57. The van der Waals surface area contributed by atoms with E-state index in [9.17, 15) is 0 Å². The average molecular weight is 285 g/mol. The summed E-state index contributed by atoms with van der Waals surface area (Å²) in [4.78, 5) is 11.6. The highest BCUT2D eigenvalue weighted by Gasteiger charge is 2.24. The van der Waals surface area contributed by atoms with E-state index in [1.165, 1.54) is 4.88 Å². The van der Waals surface area contributed by atoms with Gasteiger partial charge < -0.3 is 14.6 Å². The lowest BCUT2D eigenvalue weighted by atomic mass is 10.2. The van der Waals surface area contributed by atoms with E-state index >= 15 is 0 Å². The Kier molecular flexibility index (Phi) is 2.94. The molecule has 1 aromatic carbocycles. The predicted octanol–water partition coefficient (Wildman–Crippen LogP) is 3.20. The molecule has 0 saturated carbocycles. The van der Waals surface area contributed by atoms with Crippen LogP contribution in [0.3, 0.4) is 0 Å². The Morgan fingerprint density at radius 1 is 1.25 bits per heavy atom. The number of nitrogens with zero attached hydrogens (tertiary/aromatic N) is 2. The molecule has 20 heavy (non-hydrogen) atoms. The van der Waals surface area contributed by atoms with Gasteiger partial charge in [0.1, 0.15) is 6.10 Å². The van der Waals surface area contributed by atoms with Crippen LogP contribution in [-0.2, 0) is 4.74 Å². The minimum atomic E-state index is 0.150. The Balaban J connectivity index is 1.61. The van der Waals surface area contributed by atoms with Crippen LogP contribution in [0.4, 0.5) is 5.95 Å². The van der Waals surface area contributed by atoms with Crippen molar-refractivity contribution in [2.75, 3.05) is 24.6 Å². The van der Waals surface area contributed by atoms with Gasteiger partial charge in [0, 0.05) is 11.4 Å². The quantitative estimate of drug-likeness (QED) is 0.786. The molecule has 102 valence electrons. The minimum absolute atomic E-state index is 0.150. The van der Waals surface area contributed by atoms with Crippen LogP contribution in [0, 0.1) is 0 Å². The number of thiophene rings is 1. The van der Waals surface area contributed by atoms with Gasteiger partial charge in [-0.2, -0.15) is 0 Å². The van der Waals surface area contributed by atoms with Crippen LogP contribution < -0.4 is 4.90 Å². The number of ether oxygens (including phenoxy) is 1. The van der Waals surface area contributed by atoms with E-state index in [1.54, 1.807) is 11.3 Å². The molecule has 2 aromatic heterocycles. The zero-order valence-corrected chi connectivity index (χ0v) is 11.8. The molecule has 1 saturated heterocycles. The monoisotopic (exact) mass is 285 g/mol. The Labute approximate surface area is 121 Å². The first-order chi connectivity index (χ1) is 9.90. The Morgan fingerprint density at radius 3 is 3.05 bits per heavy atom. The van der Waals surface area contributed by atoms with Crippen molar-refractivity contribution in [2.24, 2.45) is 0 Å². The van der Waals surface area contributed by atoms with Gasteiger partial charge in [0.2, 0.25) is 5.95 Å². The molecule has 0 spiro atoms. The first-order valence-electron chi connectivity index (χ1n) is 6.75. The molecular weight excluding hydrogens is 270 g/mol. The van der Waals surface area contributed by atoms with Gasteiger partial charge in [-0.3, -0.25) is 0 Å². The SMILES string of the molecule is c1csc([C@@H]2CN(c3nc4ccccc4[nH]3)CCO2)c1. The van der Waals surface area contributed by atoms with E-state index in [2.05, 4.69) is 38.4 Å². The lowest BCUT2D eigenvalue weighted by Crippen LogP contribution is -2.38. The van der Waals surface area contributed by atoms with Gasteiger partial charge in [0.25, 0.3) is 0 Å². The number of imidazole rings is 1. The van der Waals surface area contributed by atoms with E-state index in [0.717, 1.165) is 36.7 Å². The average Bonchev–Trinajstić information content (AvgIpc) is 3.16. The highest BCUT2D eigenvalue weighted by molar-refractivity contribution is 7.10. The summed E-state index contributed by atoms with van der Waals surface area (Å²) in [5.41, 5.74) is 2.10. The number of anilines is 1. The topological polar surface area (TPSA) is 41.2 Å². The molecule has 4 rings (SSSR count). The number of fused-ring (bicyclic) bond motifs is 1. The van der Waals surface area contributed by atoms with Crippen molar-refractivity contribution in [1.82, 2.24) is 9.97 Å². The maximum absolute atomic E-state index is 5.88. The summed E-state index contributed by atoms with van der Waals surface area (Å²) < 4.78 is 5.88. The third kappa shape index (κ3) is 2.09.